The van der Waals surface area contributed by atoms with Crippen molar-refractivity contribution in [2.24, 2.45) is 0 Å². The van der Waals surface area contributed by atoms with Crippen LogP contribution in [0, 0.1) is 0 Å². The van der Waals surface area contributed by atoms with Crippen molar-refractivity contribution in [2.45, 2.75) is 19.5 Å². The van der Waals surface area contributed by atoms with Crippen LogP contribution in [0.4, 0.5) is 5.69 Å². The second kappa shape index (κ2) is 6.03. The van der Waals surface area contributed by atoms with Gasteiger partial charge in [0, 0.05) is 22.7 Å². The summed E-state index contributed by atoms with van der Waals surface area (Å²) in [6, 6.07) is 16.5. The van der Waals surface area contributed by atoms with Crippen molar-refractivity contribution in [3.05, 3.63) is 64.1 Å². The van der Waals surface area contributed by atoms with Crippen LogP contribution in [0.25, 0.3) is 0 Å². The van der Waals surface area contributed by atoms with Gasteiger partial charge < -0.3 is 11.1 Å². The van der Waals surface area contributed by atoms with E-state index in [0.29, 0.717) is 0 Å². The summed E-state index contributed by atoms with van der Waals surface area (Å²) >= 11 is 3.57. The Hall–Kier alpha value is -1.32. The van der Waals surface area contributed by atoms with Crippen LogP contribution >= 0.6 is 15.9 Å². The van der Waals surface area contributed by atoms with Crippen LogP contribution in [-0.4, -0.2) is 0 Å². The predicted octanol–water partition coefficient (Wildman–Crippen LogP) is 3.88. The zero-order chi connectivity index (χ0) is 13.0. The average molecular weight is 305 g/mol. The second-order valence-corrected chi connectivity index (χ2v) is 5.18. The van der Waals surface area contributed by atoms with Crippen LogP contribution in [0.15, 0.2) is 53.0 Å². The second-order valence-electron chi connectivity index (χ2n) is 4.32. The molecule has 0 aliphatic carbocycles. The highest BCUT2D eigenvalue weighted by molar-refractivity contribution is 9.10. The number of rotatable bonds is 4. The fourth-order valence-corrected chi connectivity index (χ4v) is 2.52. The van der Waals surface area contributed by atoms with Gasteiger partial charge in [0.05, 0.1) is 0 Å². The Morgan fingerprint density at radius 2 is 1.78 bits per heavy atom. The summed E-state index contributed by atoms with van der Waals surface area (Å²) in [6.07, 6.45) is 0. The van der Waals surface area contributed by atoms with Gasteiger partial charge in [-0.2, -0.15) is 0 Å². The molecular weight excluding hydrogens is 288 g/mol. The molecule has 3 heteroatoms. The van der Waals surface area contributed by atoms with E-state index in [1.54, 1.807) is 0 Å². The lowest BCUT2D eigenvalue weighted by molar-refractivity contribution is 0.573. The minimum absolute atomic E-state index is 0.278. The average Bonchev–Trinajstić information content (AvgIpc) is 2.38. The Morgan fingerprint density at radius 1 is 1.11 bits per heavy atom. The van der Waals surface area contributed by atoms with E-state index in [1.165, 1.54) is 5.56 Å². The molecule has 0 aromatic heterocycles. The number of nitrogens with one attached hydrogen (secondary N) is 1. The predicted molar refractivity (Wildman–Crippen MR) is 80.3 cm³/mol. The summed E-state index contributed by atoms with van der Waals surface area (Å²) in [7, 11) is 0. The molecule has 1 atom stereocenters. The summed E-state index contributed by atoms with van der Waals surface area (Å²) < 4.78 is 1.13. The first-order valence-corrected chi connectivity index (χ1v) is 6.79. The molecule has 0 heterocycles. The van der Waals surface area contributed by atoms with Crippen molar-refractivity contribution in [3.63, 3.8) is 0 Å². The van der Waals surface area contributed by atoms with Crippen molar-refractivity contribution >= 4 is 21.6 Å². The summed E-state index contributed by atoms with van der Waals surface area (Å²) in [5.74, 6) is 0. The van der Waals surface area contributed by atoms with Gasteiger partial charge in [-0.1, -0.05) is 52.3 Å². The van der Waals surface area contributed by atoms with E-state index in [9.17, 15) is 0 Å². The molecular formula is C15H17BrN2. The zero-order valence-electron chi connectivity index (χ0n) is 10.4. The van der Waals surface area contributed by atoms with Gasteiger partial charge in [-0.25, -0.2) is 0 Å². The zero-order valence-corrected chi connectivity index (χ0v) is 11.9. The number of hydrogen-bond donors (Lipinski definition) is 2. The normalized spacial score (nSPS) is 12.3. The molecule has 0 amide bonds. The molecule has 2 aromatic rings. The van der Waals surface area contributed by atoms with Gasteiger partial charge in [-0.15, -0.1) is 0 Å². The molecule has 0 fully saturated rings. The van der Waals surface area contributed by atoms with Gasteiger partial charge in [-0.05, 0) is 30.2 Å². The molecule has 0 radical (unpaired) electrons. The Morgan fingerprint density at radius 3 is 2.50 bits per heavy atom. The number of nitrogens with two attached hydrogens (primary N) is 1. The molecule has 0 unspecified atom stereocenters. The molecule has 94 valence electrons. The van der Waals surface area contributed by atoms with E-state index < -0.39 is 0 Å². The molecule has 18 heavy (non-hydrogen) atoms. The molecule has 0 spiro atoms. The van der Waals surface area contributed by atoms with Crippen LogP contribution in [0.2, 0.25) is 0 Å². The monoisotopic (exact) mass is 304 g/mol. The highest BCUT2D eigenvalue weighted by atomic mass is 79.9. The smallest absolute Gasteiger partial charge is 0.0359 e. The third-order valence-corrected chi connectivity index (χ3v) is 3.75. The van der Waals surface area contributed by atoms with Crippen LogP contribution in [0.3, 0.4) is 0 Å². The maximum atomic E-state index is 5.93. The van der Waals surface area contributed by atoms with Gasteiger partial charge >= 0.3 is 0 Å². The summed E-state index contributed by atoms with van der Waals surface area (Å²) in [5.41, 5.74) is 9.16. The SMILES string of the molecule is C[C@H](NCc1ccccc1N)c1ccccc1Br. The molecule has 0 saturated carbocycles. The highest BCUT2D eigenvalue weighted by Gasteiger charge is 2.08. The maximum Gasteiger partial charge on any atom is 0.0359 e. The first-order chi connectivity index (χ1) is 8.68. The van der Waals surface area contributed by atoms with E-state index in [4.69, 9.17) is 5.73 Å². The number of nitrogen functional groups attached to an aromatic ring is 1. The minimum atomic E-state index is 0.278. The quantitative estimate of drug-likeness (QED) is 0.841. The molecule has 0 bridgehead atoms. The Kier molecular flexibility index (Phi) is 4.39. The van der Waals surface area contributed by atoms with Crippen molar-refractivity contribution in [3.8, 4) is 0 Å². The van der Waals surface area contributed by atoms with Crippen LogP contribution in [0.1, 0.15) is 24.1 Å². The van der Waals surface area contributed by atoms with E-state index in [0.717, 1.165) is 22.3 Å². The van der Waals surface area contributed by atoms with Crippen LogP contribution < -0.4 is 11.1 Å². The first kappa shape index (κ1) is 13.1. The van der Waals surface area contributed by atoms with Gasteiger partial charge in [0.25, 0.3) is 0 Å². The van der Waals surface area contributed by atoms with Gasteiger partial charge in [0.15, 0.2) is 0 Å². The van der Waals surface area contributed by atoms with Crippen molar-refractivity contribution < 1.29 is 0 Å². The molecule has 3 N–H and O–H groups in total. The Balaban J connectivity index is 2.03. The van der Waals surface area contributed by atoms with Crippen molar-refractivity contribution in [2.75, 3.05) is 5.73 Å². The summed E-state index contributed by atoms with van der Waals surface area (Å²) in [4.78, 5) is 0. The number of benzene rings is 2. The number of halogens is 1. The molecule has 0 saturated heterocycles. The fourth-order valence-electron chi connectivity index (χ4n) is 1.89. The lowest BCUT2D eigenvalue weighted by atomic mass is 10.1. The molecule has 0 aliphatic heterocycles. The number of hydrogen-bond acceptors (Lipinski definition) is 2. The van der Waals surface area contributed by atoms with Gasteiger partial charge in [0.1, 0.15) is 0 Å². The first-order valence-electron chi connectivity index (χ1n) is 5.99. The number of anilines is 1. The highest BCUT2D eigenvalue weighted by Crippen LogP contribution is 2.23. The fraction of sp³-hybridized carbons (Fsp3) is 0.200. The van der Waals surface area contributed by atoms with E-state index in [1.807, 2.05) is 24.3 Å². The topological polar surface area (TPSA) is 38.0 Å². The van der Waals surface area contributed by atoms with Crippen LogP contribution in [0.5, 0.6) is 0 Å². The number of para-hydroxylation sites is 1. The van der Waals surface area contributed by atoms with Gasteiger partial charge in [-0.3, -0.25) is 0 Å². The van der Waals surface area contributed by atoms with Crippen molar-refractivity contribution in [1.29, 1.82) is 0 Å². The van der Waals surface area contributed by atoms with Gasteiger partial charge in [0.2, 0.25) is 0 Å². The van der Waals surface area contributed by atoms with E-state index in [-0.39, 0.29) is 6.04 Å². The largest absolute Gasteiger partial charge is 0.398 e. The Labute approximate surface area is 116 Å². The van der Waals surface area contributed by atoms with Crippen LogP contribution in [-0.2, 0) is 6.54 Å². The standard InChI is InChI=1S/C15H17BrN2/c1-11(13-7-3-4-8-14(13)16)18-10-12-6-2-5-9-15(12)17/h2-9,11,18H,10,17H2,1H3/t11-/m0/s1. The lowest BCUT2D eigenvalue weighted by Gasteiger charge is -2.16. The minimum Gasteiger partial charge on any atom is -0.398 e. The summed E-state index contributed by atoms with van der Waals surface area (Å²) in [6.45, 7) is 2.92. The Bertz CT molecular complexity index is 525. The molecule has 0 aliphatic rings. The summed E-state index contributed by atoms with van der Waals surface area (Å²) in [5, 5.41) is 3.49. The third kappa shape index (κ3) is 3.12. The maximum absolute atomic E-state index is 5.93. The molecule has 2 nitrogen and oxygen atoms in total. The third-order valence-electron chi connectivity index (χ3n) is 3.03. The van der Waals surface area contributed by atoms with Crippen molar-refractivity contribution in [1.82, 2.24) is 5.32 Å². The van der Waals surface area contributed by atoms with E-state index >= 15 is 0 Å². The molecule has 2 aromatic carbocycles. The van der Waals surface area contributed by atoms with E-state index in [2.05, 4.69) is 52.4 Å². The lowest BCUT2D eigenvalue weighted by Crippen LogP contribution is -2.19. The molecule has 2 rings (SSSR count).